The van der Waals surface area contributed by atoms with Crippen LogP contribution in [0.15, 0.2) is 24.3 Å². The van der Waals surface area contributed by atoms with Crippen molar-refractivity contribution in [2.24, 2.45) is 5.73 Å². The second-order valence-electron chi connectivity index (χ2n) is 5.13. The molecule has 2 rings (SSSR count). The monoisotopic (exact) mass is 294 g/mol. The number of primary amides is 1. The minimum Gasteiger partial charge on any atom is -0.376 e. The third kappa shape index (κ3) is 4.53. The number of nitrogens with two attached hydrogens (primary N) is 1. The second-order valence-corrected chi connectivity index (χ2v) is 5.13. The van der Waals surface area contributed by atoms with Crippen LogP contribution in [-0.4, -0.2) is 42.5 Å². The highest BCUT2D eigenvalue weighted by atomic mass is 19.1. The van der Waals surface area contributed by atoms with Crippen LogP contribution in [0.2, 0.25) is 0 Å². The molecule has 1 atom stereocenters. The van der Waals surface area contributed by atoms with Crippen molar-refractivity contribution in [3.05, 3.63) is 35.6 Å². The summed E-state index contributed by atoms with van der Waals surface area (Å²) < 4.78 is 18.3. The van der Waals surface area contributed by atoms with E-state index in [0.717, 1.165) is 18.4 Å². The first kappa shape index (κ1) is 15.4. The third-order valence-electron chi connectivity index (χ3n) is 3.53. The molecule has 1 aromatic carbocycles. The molecule has 1 heterocycles. The van der Waals surface area contributed by atoms with Crippen molar-refractivity contribution in [2.45, 2.75) is 25.4 Å². The molecular weight excluding hydrogens is 275 g/mol. The summed E-state index contributed by atoms with van der Waals surface area (Å²) in [5.41, 5.74) is 5.97. The predicted molar refractivity (Wildman–Crippen MR) is 74.9 cm³/mol. The summed E-state index contributed by atoms with van der Waals surface area (Å²) in [7, 11) is 0. The van der Waals surface area contributed by atoms with Crippen LogP contribution in [0.3, 0.4) is 0 Å². The van der Waals surface area contributed by atoms with Gasteiger partial charge in [-0.3, -0.25) is 9.59 Å². The lowest BCUT2D eigenvalue weighted by atomic mass is 10.1. The van der Waals surface area contributed by atoms with E-state index in [0.29, 0.717) is 26.1 Å². The number of carbonyl (C=O) groups is 2. The molecule has 2 amide bonds. The Kier molecular flexibility index (Phi) is 5.27. The molecule has 2 N–H and O–H groups in total. The highest BCUT2D eigenvalue weighted by Crippen LogP contribution is 2.14. The quantitative estimate of drug-likeness (QED) is 0.819. The molecule has 1 fully saturated rings. The van der Waals surface area contributed by atoms with Gasteiger partial charge in [0, 0.05) is 19.7 Å². The van der Waals surface area contributed by atoms with Crippen molar-refractivity contribution < 1.29 is 18.7 Å². The van der Waals surface area contributed by atoms with Gasteiger partial charge in [-0.1, -0.05) is 12.1 Å². The Morgan fingerprint density at radius 1 is 1.33 bits per heavy atom. The van der Waals surface area contributed by atoms with Crippen LogP contribution >= 0.6 is 0 Å². The van der Waals surface area contributed by atoms with Gasteiger partial charge in [0.25, 0.3) is 0 Å². The van der Waals surface area contributed by atoms with E-state index in [-0.39, 0.29) is 11.9 Å². The average molecular weight is 294 g/mol. The number of carbonyl (C=O) groups excluding carboxylic acids is 2. The Morgan fingerprint density at radius 3 is 2.62 bits per heavy atom. The number of hydrogen-bond donors (Lipinski definition) is 1. The standard InChI is InChI=1S/C15H19FN2O3/c16-12-5-3-11(4-6-12)7-8-18(15(20)14(17)19)10-13-2-1-9-21-13/h3-6,13H,1-2,7-10H2,(H2,17,19). The van der Waals surface area contributed by atoms with E-state index >= 15 is 0 Å². The molecule has 1 saturated heterocycles. The molecule has 0 saturated carbocycles. The molecule has 1 aromatic rings. The summed E-state index contributed by atoms with van der Waals surface area (Å²) in [6.07, 6.45) is 2.33. The number of nitrogens with zero attached hydrogens (tertiary/aromatic N) is 1. The highest BCUT2D eigenvalue weighted by molar-refractivity contribution is 6.34. The first-order valence-corrected chi connectivity index (χ1v) is 7.01. The first-order chi connectivity index (χ1) is 10.1. The normalized spacial score (nSPS) is 17.7. The summed E-state index contributed by atoms with van der Waals surface area (Å²) in [5, 5.41) is 0. The average Bonchev–Trinajstić information content (AvgIpc) is 2.97. The number of benzene rings is 1. The van der Waals surface area contributed by atoms with Crippen molar-refractivity contribution in [2.75, 3.05) is 19.7 Å². The summed E-state index contributed by atoms with van der Waals surface area (Å²) in [6, 6.07) is 6.06. The van der Waals surface area contributed by atoms with Gasteiger partial charge < -0.3 is 15.4 Å². The van der Waals surface area contributed by atoms with Gasteiger partial charge in [0.15, 0.2) is 0 Å². The lowest BCUT2D eigenvalue weighted by Crippen LogP contribution is -2.44. The third-order valence-corrected chi connectivity index (χ3v) is 3.53. The molecule has 0 aromatic heterocycles. The minimum atomic E-state index is -0.966. The van der Waals surface area contributed by atoms with Crippen LogP contribution in [0.1, 0.15) is 18.4 Å². The largest absolute Gasteiger partial charge is 0.376 e. The Hall–Kier alpha value is -1.95. The van der Waals surface area contributed by atoms with Crippen LogP contribution < -0.4 is 5.73 Å². The first-order valence-electron chi connectivity index (χ1n) is 7.01. The van der Waals surface area contributed by atoms with E-state index in [1.807, 2.05) is 0 Å². The van der Waals surface area contributed by atoms with Gasteiger partial charge in [-0.15, -0.1) is 0 Å². The topological polar surface area (TPSA) is 72.6 Å². The van der Waals surface area contributed by atoms with E-state index in [4.69, 9.17) is 10.5 Å². The van der Waals surface area contributed by atoms with E-state index in [9.17, 15) is 14.0 Å². The van der Waals surface area contributed by atoms with Crippen molar-refractivity contribution in [3.8, 4) is 0 Å². The smallest absolute Gasteiger partial charge is 0.311 e. The molecule has 6 heteroatoms. The molecule has 114 valence electrons. The van der Waals surface area contributed by atoms with Gasteiger partial charge >= 0.3 is 11.8 Å². The maximum Gasteiger partial charge on any atom is 0.311 e. The van der Waals surface area contributed by atoms with Crippen LogP contribution in [0.5, 0.6) is 0 Å². The van der Waals surface area contributed by atoms with Gasteiger partial charge in [0.2, 0.25) is 0 Å². The van der Waals surface area contributed by atoms with Crippen molar-refractivity contribution >= 4 is 11.8 Å². The molecule has 1 aliphatic rings. The predicted octanol–water partition coefficient (Wildman–Crippen LogP) is 0.861. The Labute approximate surface area is 122 Å². The van der Waals surface area contributed by atoms with E-state index in [2.05, 4.69) is 0 Å². The van der Waals surface area contributed by atoms with Crippen LogP contribution in [0, 0.1) is 5.82 Å². The molecular formula is C15H19FN2O3. The lowest BCUT2D eigenvalue weighted by molar-refractivity contribution is -0.145. The molecule has 1 aliphatic heterocycles. The van der Waals surface area contributed by atoms with Gasteiger partial charge in [-0.25, -0.2) is 4.39 Å². The summed E-state index contributed by atoms with van der Waals surface area (Å²) in [4.78, 5) is 24.4. The minimum absolute atomic E-state index is 0.0403. The second kappa shape index (κ2) is 7.17. The van der Waals surface area contributed by atoms with Crippen LogP contribution in [-0.2, 0) is 20.7 Å². The number of hydrogen-bond acceptors (Lipinski definition) is 3. The van der Waals surface area contributed by atoms with E-state index in [1.54, 1.807) is 12.1 Å². The van der Waals surface area contributed by atoms with Crippen molar-refractivity contribution in [3.63, 3.8) is 0 Å². The highest BCUT2D eigenvalue weighted by Gasteiger charge is 2.25. The Morgan fingerprint density at radius 2 is 2.05 bits per heavy atom. The summed E-state index contributed by atoms with van der Waals surface area (Å²) in [5.74, 6) is -1.97. The molecule has 5 nitrogen and oxygen atoms in total. The number of halogens is 1. The fourth-order valence-electron chi connectivity index (χ4n) is 2.38. The lowest BCUT2D eigenvalue weighted by Gasteiger charge is -2.24. The zero-order valence-corrected chi connectivity index (χ0v) is 11.8. The molecule has 0 radical (unpaired) electrons. The Bertz CT molecular complexity index is 498. The molecule has 1 unspecified atom stereocenters. The summed E-state index contributed by atoms with van der Waals surface area (Å²) in [6.45, 7) is 1.40. The fraction of sp³-hybridized carbons (Fsp3) is 0.467. The van der Waals surface area contributed by atoms with Crippen molar-refractivity contribution in [1.82, 2.24) is 4.90 Å². The zero-order chi connectivity index (χ0) is 15.2. The van der Waals surface area contributed by atoms with Crippen LogP contribution in [0.4, 0.5) is 4.39 Å². The number of amides is 2. The van der Waals surface area contributed by atoms with Gasteiger partial charge in [0.05, 0.1) is 6.10 Å². The maximum absolute atomic E-state index is 12.8. The van der Waals surface area contributed by atoms with Crippen LogP contribution in [0.25, 0.3) is 0 Å². The zero-order valence-electron chi connectivity index (χ0n) is 11.8. The Balaban J connectivity index is 1.95. The molecule has 0 spiro atoms. The molecule has 0 bridgehead atoms. The maximum atomic E-state index is 12.8. The van der Waals surface area contributed by atoms with E-state index in [1.165, 1.54) is 17.0 Å². The van der Waals surface area contributed by atoms with Gasteiger partial charge in [-0.2, -0.15) is 0 Å². The SMILES string of the molecule is NC(=O)C(=O)N(CCc1ccc(F)cc1)CC1CCCO1. The fourth-order valence-corrected chi connectivity index (χ4v) is 2.38. The number of ether oxygens (including phenoxy) is 1. The molecule has 0 aliphatic carbocycles. The van der Waals surface area contributed by atoms with Gasteiger partial charge in [-0.05, 0) is 37.0 Å². The molecule has 21 heavy (non-hydrogen) atoms. The van der Waals surface area contributed by atoms with Gasteiger partial charge in [0.1, 0.15) is 5.82 Å². The summed E-state index contributed by atoms with van der Waals surface area (Å²) >= 11 is 0. The van der Waals surface area contributed by atoms with E-state index < -0.39 is 11.8 Å². The number of rotatable bonds is 5. The van der Waals surface area contributed by atoms with Crippen molar-refractivity contribution in [1.29, 1.82) is 0 Å².